The Bertz CT molecular complexity index is 420. The van der Waals surface area contributed by atoms with E-state index in [1.165, 1.54) is 12.1 Å². The van der Waals surface area contributed by atoms with Gasteiger partial charge in [0, 0.05) is 6.42 Å². The van der Waals surface area contributed by atoms with Crippen LogP contribution >= 0.6 is 0 Å². The summed E-state index contributed by atoms with van der Waals surface area (Å²) in [6.07, 6.45) is 0.449. The SMILES string of the molecule is COC(=O)C(O)(CC(C=O)C=O)c1ccccc1. The zero-order valence-electron chi connectivity index (χ0n) is 9.91. The number of esters is 1. The largest absolute Gasteiger partial charge is 0.467 e. The number of aliphatic hydroxyl groups is 1. The van der Waals surface area contributed by atoms with Crippen molar-refractivity contribution in [2.24, 2.45) is 5.92 Å². The van der Waals surface area contributed by atoms with Crippen LogP contribution in [-0.2, 0) is 24.7 Å². The molecule has 0 bridgehead atoms. The highest BCUT2D eigenvalue weighted by molar-refractivity contribution is 5.84. The van der Waals surface area contributed by atoms with Gasteiger partial charge in [-0.3, -0.25) is 0 Å². The molecule has 18 heavy (non-hydrogen) atoms. The molecule has 1 N–H and O–H groups in total. The van der Waals surface area contributed by atoms with E-state index in [9.17, 15) is 19.5 Å². The van der Waals surface area contributed by atoms with Crippen LogP contribution in [0.25, 0.3) is 0 Å². The van der Waals surface area contributed by atoms with E-state index >= 15 is 0 Å². The Morgan fingerprint density at radius 3 is 2.33 bits per heavy atom. The highest BCUT2D eigenvalue weighted by Crippen LogP contribution is 2.29. The first-order chi connectivity index (χ1) is 8.58. The summed E-state index contributed by atoms with van der Waals surface area (Å²) < 4.78 is 4.54. The molecule has 0 spiro atoms. The Kier molecular flexibility index (Phi) is 4.74. The predicted octanol–water partition coefficient (Wildman–Crippen LogP) is 0.451. The molecule has 0 aromatic heterocycles. The van der Waals surface area contributed by atoms with E-state index in [-0.39, 0.29) is 12.0 Å². The summed E-state index contributed by atoms with van der Waals surface area (Å²) in [5, 5.41) is 10.4. The van der Waals surface area contributed by atoms with Crippen LogP contribution in [0.15, 0.2) is 30.3 Å². The van der Waals surface area contributed by atoms with E-state index in [2.05, 4.69) is 4.74 Å². The summed E-state index contributed by atoms with van der Waals surface area (Å²) in [6, 6.07) is 8.06. The van der Waals surface area contributed by atoms with E-state index in [1.54, 1.807) is 18.2 Å². The normalized spacial score (nSPS) is 13.7. The van der Waals surface area contributed by atoms with Gasteiger partial charge in [-0.05, 0) is 5.56 Å². The Morgan fingerprint density at radius 1 is 1.33 bits per heavy atom. The number of ether oxygens (including phenoxy) is 1. The first kappa shape index (κ1) is 14.1. The zero-order chi connectivity index (χ0) is 13.6. The van der Waals surface area contributed by atoms with Crippen molar-refractivity contribution in [1.29, 1.82) is 0 Å². The van der Waals surface area contributed by atoms with E-state index < -0.39 is 17.5 Å². The Balaban J connectivity index is 3.14. The van der Waals surface area contributed by atoms with Crippen molar-refractivity contribution in [2.75, 3.05) is 7.11 Å². The van der Waals surface area contributed by atoms with Crippen molar-refractivity contribution in [3.8, 4) is 0 Å². The van der Waals surface area contributed by atoms with Crippen molar-refractivity contribution in [3.63, 3.8) is 0 Å². The number of hydrogen-bond acceptors (Lipinski definition) is 5. The molecule has 5 heteroatoms. The van der Waals surface area contributed by atoms with Crippen LogP contribution < -0.4 is 0 Å². The smallest absolute Gasteiger partial charge is 0.342 e. The fraction of sp³-hybridized carbons (Fsp3) is 0.308. The first-order valence-corrected chi connectivity index (χ1v) is 5.35. The van der Waals surface area contributed by atoms with E-state index in [4.69, 9.17) is 0 Å². The van der Waals surface area contributed by atoms with Crippen molar-refractivity contribution in [3.05, 3.63) is 35.9 Å². The van der Waals surface area contributed by atoms with Crippen molar-refractivity contribution < 1.29 is 24.2 Å². The molecular weight excluding hydrogens is 236 g/mol. The van der Waals surface area contributed by atoms with Crippen LogP contribution in [0.4, 0.5) is 0 Å². The highest BCUT2D eigenvalue weighted by Gasteiger charge is 2.41. The predicted molar refractivity (Wildman–Crippen MR) is 62.6 cm³/mol. The van der Waals surface area contributed by atoms with Crippen molar-refractivity contribution in [2.45, 2.75) is 12.0 Å². The second kappa shape index (κ2) is 6.07. The molecule has 5 nitrogen and oxygen atoms in total. The maximum Gasteiger partial charge on any atom is 0.342 e. The van der Waals surface area contributed by atoms with Crippen LogP contribution in [0.5, 0.6) is 0 Å². The Hall–Kier alpha value is -2.01. The Labute approximate surface area is 104 Å². The van der Waals surface area contributed by atoms with Gasteiger partial charge >= 0.3 is 5.97 Å². The van der Waals surface area contributed by atoms with Gasteiger partial charge in [0.15, 0.2) is 5.60 Å². The molecule has 0 heterocycles. The molecule has 0 fully saturated rings. The van der Waals surface area contributed by atoms with Gasteiger partial charge < -0.3 is 19.4 Å². The third-order valence-corrected chi connectivity index (χ3v) is 2.66. The van der Waals surface area contributed by atoms with Gasteiger partial charge in [-0.2, -0.15) is 0 Å². The number of hydrogen-bond donors (Lipinski definition) is 1. The van der Waals surface area contributed by atoms with Crippen molar-refractivity contribution in [1.82, 2.24) is 0 Å². The molecule has 1 aromatic rings. The summed E-state index contributed by atoms with van der Waals surface area (Å²) in [5.74, 6) is -1.96. The number of aldehydes is 2. The monoisotopic (exact) mass is 250 g/mol. The Morgan fingerprint density at radius 2 is 1.89 bits per heavy atom. The molecule has 1 atom stereocenters. The lowest BCUT2D eigenvalue weighted by molar-refractivity contribution is -0.165. The summed E-state index contributed by atoms with van der Waals surface area (Å²) >= 11 is 0. The maximum atomic E-state index is 11.7. The average Bonchev–Trinajstić information content (AvgIpc) is 2.44. The molecule has 0 amide bonds. The minimum atomic E-state index is -2.00. The minimum Gasteiger partial charge on any atom is -0.467 e. The van der Waals surface area contributed by atoms with Gasteiger partial charge in [-0.15, -0.1) is 0 Å². The summed E-state index contributed by atoms with van der Waals surface area (Å²) in [5.41, 5.74) is -1.71. The fourth-order valence-electron chi connectivity index (χ4n) is 1.67. The molecule has 1 unspecified atom stereocenters. The molecule has 96 valence electrons. The molecule has 1 rings (SSSR count). The average molecular weight is 250 g/mol. The first-order valence-electron chi connectivity index (χ1n) is 5.35. The molecule has 0 saturated heterocycles. The highest BCUT2D eigenvalue weighted by atomic mass is 16.5. The lowest BCUT2D eigenvalue weighted by Crippen LogP contribution is -2.39. The quantitative estimate of drug-likeness (QED) is 0.450. The summed E-state index contributed by atoms with van der Waals surface area (Å²) in [7, 11) is 1.13. The van der Waals surface area contributed by atoms with Gasteiger partial charge in [0.1, 0.15) is 12.6 Å². The topological polar surface area (TPSA) is 80.7 Å². The van der Waals surface area contributed by atoms with Gasteiger partial charge in [-0.1, -0.05) is 30.3 Å². The van der Waals surface area contributed by atoms with E-state index in [0.717, 1.165) is 7.11 Å². The maximum absolute atomic E-state index is 11.7. The van der Waals surface area contributed by atoms with Gasteiger partial charge in [0.05, 0.1) is 13.0 Å². The number of methoxy groups -OCH3 is 1. The molecule has 1 aromatic carbocycles. The van der Waals surface area contributed by atoms with Crippen LogP contribution in [0.1, 0.15) is 12.0 Å². The second-order valence-electron chi connectivity index (χ2n) is 3.86. The van der Waals surface area contributed by atoms with Gasteiger partial charge in [0.25, 0.3) is 0 Å². The van der Waals surface area contributed by atoms with Crippen LogP contribution in [0.2, 0.25) is 0 Å². The number of rotatable bonds is 6. The molecule has 0 saturated carbocycles. The minimum absolute atomic E-state index is 0.283. The molecule has 0 aliphatic heterocycles. The number of carbonyl (C=O) groups excluding carboxylic acids is 3. The molecule has 0 aliphatic carbocycles. The van der Waals surface area contributed by atoms with Gasteiger partial charge in [-0.25, -0.2) is 4.79 Å². The van der Waals surface area contributed by atoms with Crippen molar-refractivity contribution >= 4 is 18.5 Å². The standard InChI is InChI=1S/C13H14O5/c1-18-12(16)13(17,7-10(8-14)9-15)11-5-3-2-4-6-11/h2-6,8-10,17H,7H2,1H3. The number of benzene rings is 1. The van der Waals surface area contributed by atoms with E-state index in [1.807, 2.05) is 0 Å². The fourth-order valence-corrected chi connectivity index (χ4v) is 1.67. The zero-order valence-corrected chi connectivity index (χ0v) is 9.91. The third-order valence-electron chi connectivity index (χ3n) is 2.66. The molecule has 0 radical (unpaired) electrons. The summed E-state index contributed by atoms with van der Waals surface area (Å²) in [4.78, 5) is 33.0. The number of carbonyl (C=O) groups is 3. The molecule has 0 aliphatic rings. The third kappa shape index (κ3) is 2.81. The lowest BCUT2D eigenvalue weighted by Gasteiger charge is -2.26. The van der Waals surface area contributed by atoms with E-state index in [0.29, 0.717) is 12.6 Å². The molecular formula is C13H14O5. The summed E-state index contributed by atoms with van der Waals surface area (Å²) in [6.45, 7) is 0. The van der Waals surface area contributed by atoms with Crippen LogP contribution in [-0.4, -0.2) is 30.8 Å². The second-order valence-corrected chi connectivity index (χ2v) is 3.86. The van der Waals surface area contributed by atoms with Crippen LogP contribution in [0.3, 0.4) is 0 Å². The van der Waals surface area contributed by atoms with Crippen LogP contribution in [0, 0.1) is 5.92 Å². The van der Waals surface area contributed by atoms with Gasteiger partial charge in [0.2, 0.25) is 0 Å². The lowest BCUT2D eigenvalue weighted by atomic mass is 9.85.